The Labute approximate surface area is 104 Å². The Bertz CT molecular complexity index is 552. The summed E-state index contributed by atoms with van der Waals surface area (Å²) in [5, 5.41) is 10.3. The number of nitrogens with one attached hydrogen (secondary N) is 1. The fourth-order valence-electron chi connectivity index (χ4n) is 1.65. The average molecular weight is 249 g/mol. The van der Waals surface area contributed by atoms with E-state index in [9.17, 15) is 4.79 Å². The van der Waals surface area contributed by atoms with E-state index in [-0.39, 0.29) is 11.7 Å². The Kier molecular flexibility index (Phi) is 3.14. The van der Waals surface area contributed by atoms with E-state index in [1.165, 1.54) is 4.90 Å². The second-order valence-electron chi connectivity index (χ2n) is 4.21. The lowest BCUT2D eigenvalue weighted by atomic mass is 10.2. The molecule has 2 rings (SSSR count). The van der Waals surface area contributed by atoms with E-state index >= 15 is 0 Å². The lowest BCUT2D eigenvalue weighted by Crippen LogP contribution is -2.27. The second-order valence-corrected chi connectivity index (χ2v) is 4.21. The summed E-state index contributed by atoms with van der Waals surface area (Å²) >= 11 is 0. The molecule has 2 aromatic heterocycles. The largest absolute Gasteiger partial charge is 0.361 e. The van der Waals surface area contributed by atoms with Gasteiger partial charge in [-0.2, -0.15) is 0 Å². The van der Waals surface area contributed by atoms with Crippen LogP contribution < -0.4 is 0 Å². The maximum absolute atomic E-state index is 12.0. The van der Waals surface area contributed by atoms with Crippen LogP contribution in [0.2, 0.25) is 0 Å². The number of H-pyrrole nitrogens is 1. The Morgan fingerprint density at radius 3 is 2.61 bits per heavy atom. The number of aromatic nitrogens is 4. The van der Waals surface area contributed by atoms with Gasteiger partial charge in [-0.3, -0.25) is 9.89 Å². The molecule has 96 valence electrons. The summed E-state index contributed by atoms with van der Waals surface area (Å²) in [4.78, 5) is 17.6. The van der Waals surface area contributed by atoms with Gasteiger partial charge >= 0.3 is 0 Å². The smallest absolute Gasteiger partial charge is 0.293 e. The number of aromatic amines is 1. The molecule has 2 aromatic rings. The fourth-order valence-corrected chi connectivity index (χ4v) is 1.65. The van der Waals surface area contributed by atoms with Gasteiger partial charge in [0.1, 0.15) is 11.6 Å². The third-order valence-corrected chi connectivity index (χ3v) is 2.71. The number of amides is 1. The van der Waals surface area contributed by atoms with Gasteiger partial charge < -0.3 is 9.42 Å². The molecule has 0 saturated carbocycles. The van der Waals surface area contributed by atoms with Crippen LogP contribution in [0.1, 0.15) is 33.5 Å². The number of nitrogens with zero attached hydrogens (tertiary/aromatic N) is 4. The first-order chi connectivity index (χ1) is 8.49. The van der Waals surface area contributed by atoms with E-state index in [0.29, 0.717) is 12.4 Å². The molecule has 0 aliphatic rings. The normalized spacial score (nSPS) is 10.7. The Morgan fingerprint density at radius 1 is 1.39 bits per heavy atom. The molecule has 0 saturated heterocycles. The molecular formula is C11H15N5O2. The lowest BCUT2D eigenvalue weighted by molar-refractivity contribution is 0.0773. The molecule has 0 radical (unpaired) electrons. The summed E-state index contributed by atoms with van der Waals surface area (Å²) in [6.07, 6.45) is 0. The molecule has 0 aliphatic heterocycles. The number of hydrogen-bond acceptors (Lipinski definition) is 5. The van der Waals surface area contributed by atoms with Gasteiger partial charge in [-0.25, -0.2) is 4.98 Å². The summed E-state index contributed by atoms with van der Waals surface area (Å²) in [7, 11) is 1.69. The summed E-state index contributed by atoms with van der Waals surface area (Å²) in [5.74, 6) is 1.27. The minimum Gasteiger partial charge on any atom is -0.361 e. The van der Waals surface area contributed by atoms with Gasteiger partial charge in [-0.05, 0) is 20.8 Å². The van der Waals surface area contributed by atoms with Gasteiger partial charge in [0.25, 0.3) is 5.91 Å². The standard InChI is InChI=1S/C11H15N5O2/c1-6-9(7(2)18-15-6)5-16(4)11(17)10-12-8(3)13-14-10/h5H2,1-4H3,(H,12,13,14). The van der Waals surface area contributed by atoms with Crippen molar-refractivity contribution < 1.29 is 9.32 Å². The molecule has 0 bridgehead atoms. The summed E-state index contributed by atoms with van der Waals surface area (Å²) in [6.45, 7) is 5.84. The molecule has 0 spiro atoms. The van der Waals surface area contributed by atoms with Crippen LogP contribution in [0.4, 0.5) is 0 Å². The quantitative estimate of drug-likeness (QED) is 0.876. The topological polar surface area (TPSA) is 87.9 Å². The molecule has 0 aliphatic carbocycles. The monoisotopic (exact) mass is 249 g/mol. The van der Waals surface area contributed by atoms with Gasteiger partial charge in [0.2, 0.25) is 5.82 Å². The maximum atomic E-state index is 12.0. The Morgan fingerprint density at radius 2 is 2.11 bits per heavy atom. The molecule has 0 atom stereocenters. The van der Waals surface area contributed by atoms with Crippen LogP contribution in [0.15, 0.2) is 4.52 Å². The molecular weight excluding hydrogens is 234 g/mol. The van der Waals surface area contributed by atoms with Crippen molar-refractivity contribution in [3.05, 3.63) is 28.7 Å². The van der Waals surface area contributed by atoms with Gasteiger partial charge in [0.15, 0.2) is 0 Å². The molecule has 0 fully saturated rings. The Hall–Kier alpha value is -2.18. The van der Waals surface area contributed by atoms with Crippen LogP contribution in [0.25, 0.3) is 0 Å². The highest BCUT2D eigenvalue weighted by Gasteiger charge is 2.19. The number of carbonyl (C=O) groups is 1. The van der Waals surface area contributed by atoms with Crippen LogP contribution in [0.3, 0.4) is 0 Å². The highest BCUT2D eigenvalue weighted by Crippen LogP contribution is 2.14. The molecule has 1 N–H and O–H groups in total. The molecule has 18 heavy (non-hydrogen) atoms. The third-order valence-electron chi connectivity index (χ3n) is 2.71. The van der Waals surface area contributed by atoms with Crippen LogP contribution in [-0.2, 0) is 6.54 Å². The highest BCUT2D eigenvalue weighted by molar-refractivity contribution is 5.90. The average Bonchev–Trinajstić information content (AvgIpc) is 2.89. The molecule has 0 unspecified atom stereocenters. The minimum absolute atomic E-state index is 0.168. The highest BCUT2D eigenvalue weighted by atomic mass is 16.5. The molecule has 7 nitrogen and oxygen atoms in total. The fraction of sp³-hybridized carbons (Fsp3) is 0.455. The van der Waals surface area contributed by atoms with Gasteiger partial charge in [-0.1, -0.05) is 5.16 Å². The van der Waals surface area contributed by atoms with Crippen molar-refractivity contribution in [2.75, 3.05) is 7.05 Å². The van der Waals surface area contributed by atoms with E-state index in [1.54, 1.807) is 14.0 Å². The van der Waals surface area contributed by atoms with E-state index in [0.717, 1.165) is 17.0 Å². The van der Waals surface area contributed by atoms with E-state index < -0.39 is 0 Å². The zero-order valence-electron chi connectivity index (χ0n) is 10.8. The maximum Gasteiger partial charge on any atom is 0.293 e. The first-order valence-corrected chi connectivity index (χ1v) is 5.55. The van der Waals surface area contributed by atoms with Crippen molar-refractivity contribution in [2.24, 2.45) is 0 Å². The zero-order chi connectivity index (χ0) is 13.3. The van der Waals surface area contributed by atoms with Gasteiger partial charge in [-0.15, -0.1) is 5.10 Å². The van der Waals surface area contributed by atoms with Crippen molar-refractivity contribution in [3.8, 4) is 0 Å². The first kappa shape index (κ1) is 12.3. The van der Waals surface area contributed by atoms with Crippen molar-refractivity contribution >= 4 is 5.91 Å². The van der Waals surface area contributed by atoms with Gasteiger partial charge in [0, 0.05) is 12.6 Å². The number of rotatable bonds is 3. The Balaban J connectivity index is 2.13. The van der Waals surface area contributed by atoms with Gasteiger partial charge in [0.05, 0.1) is 12.2 Å². The van der Waals surface area contributed by atoms with Crippen molar-refractivity contribution in [1.82, 2.24) is 25.2 Å². The van der Waals surface area contributed by atoms with Crippen LogP contribution in [0, 0.1) is 20.8 Å². The van der Waals surface area contributed by atoms with E-state index in [1.807, 2.05) is 13.8 Å². The number of carbonyl (C=O) groups excluding carboxylic acids is 1. The minimum atomic E-state index is -0.237. The summed E-state index contributed by atoms with van der Waals surface area (Å²) in [5.41, 5.74) is 1.71. The van der Waals surface area contributed by atoms with Crippen LogP contribution in [0.5, 0.6) is 0 Å². The van der Waals surface area contributed by atoms with Crippen molar-refractivity contribution in [1.29, 1.82) is 0 Å². The second kappa shape index (κ2) is 4.59. The van der Waals surface area contributed by atoms with Crippen LogP contribution in [-0.4, -0.2) is 38.2 Å². The molecule has 2 heterocycles. The first-order valence-electron chi connectivity index (χ1n) is 5.55. The van der Waals surface area contributed by atoms with Crippen molar-refractivity contribution in [2.45, 2.75) is 27.3 Å². The lowest BCUT2D eigenvalue weighted by Gasteiger charge is -2.14. The SMILES string of the molecule is Cc1nc(C(=O)N(C)Cc2c(C)noc2C)n[nH]1. The summed E-state index contributed by atoms with van der Waals surface area (Å²) in [6, 6.07) is 0. The molecule has 7 heteroatoms. The predicted octanol–water partition coefficient (Wildman–Crippen LogP) is 0.990. The van der Waals surface area contributed by atoms with E-state index in [4.69, 9.17) is 4.52 Å². The number of hydrogen-bond donors (Lipinski definition) is 1. The van der Waals surface area contributed by atoms with Crippen LogP contribution >= 0.6 is 0 Å². The zero-order valence-corrected chi connectivity index (χ0v) is 10.8. The molecule has 1 amide bonds. The third kappa shape index (κ3) is 2.24. The van der Waals surface area contributed by atoms with E-state index in [2.05, 4.69) is 20.3 Å². The summed E-state index contributed by atoms with van der Waals surface area (Å²) < 4.78 is 5.06. The predicted molar refractivity (Wildman–Crippen MR) is 62.9 cm³/mol. The number of aryl methyl sites for hydroxylation is 3. The molecule has 0 aromatic carbocycles. The van der Waals surface area contributed by atoms with Crippen molar-refractivity contribution in [3.63, 3.8) is 0 Å².